The molecule has 0 aliphatic heterocycles. The number of pyridine rings is 1. The van der Waals surface area contributed by atoms with Gasteiger partial charge in [0.2, 0.25) is 0 Å². The van der Waals surface area contributed by atoms with Crippen LogP contribution in [0.25, 0.3) is 10.8 Å². The van der Waals surface area contributed by atoms with E-state index in [1.54, 1.807) is 28.4 Å². The standard InChI is InChI=1S/C18H17N3O3/c19-9-14-11-21(10-12-4-2-1-3-5-12)18(23)16-8-13(17(22)20-24)6-7-15(14)16/h1-8,11,24H,9-10,19H2,(H,20,22). The summed E-state index contributed by atoms with van der Waals surface area (Å²) >= 11 is 0. The summed E-state index contributed by atoms with van der Waals surface area (Å²) in [5.41, 5.74) is 9.20. The van der Waals surface area contributed by atoms with Crippen LogP contribution in [0.3, 0.4) is 0 Å². The van der Waals surface area contributed by atoms with Crippen LogP contribution in [0, 0.1) is 0 Å². The van der Waals surface area contributed by atoms with Gasteiger partial charge in [-0.15, -0.1) is 0 Å². The third-order valence-electron chi connectivity index (χ3n) is 3.95. The van der Waals surface area contributed by atoms with Gasteiger partial charge in [-0.25, -0.2) is 5.48 Å². The van der Waals surface area contributed by atoms with Crippen molar-refractivity contribution in [2.45, 2.75) is 13.1 Å². The van der Waals surface area contributed by atoms with Crippen molar-refractivity contribution in [2.24, 2.45) is 5.73 Å². The zero-order chi connectivity index (χ0) is 17.1. The maximum atomic E-state index is 12.8. The first kappa shape index (κ1) is 15.9. The molecule has 0 saturated carbocycles. The summed E-state index contributed by atoms with van der Waals surface area (Å²) in [7, 11) is 0. The van der Waals surface area contributed by atoms with Gasteiger partial charge >= 0.3 is 0 Å². The number of amides is 1. The minimum absolute atomic E-state index is 0.210. The summed E-state index contributed by atoms with van der Waals surface area (Å²) in [5, 5.41) is 9.88. The highest BCUT2D eigenvalue weighted by atomic mass is 16.5. The number of hydrogen-bond acceptors (Lipinski definition) is 4. The van der Waals surface area contributed by atoms with Gasteiger partial charge in [0.05, 0.1) is 6.54 Å². The van der Waals surface area contributed by atoms with Crippen molar-refractivity contribution in [3.63, 3.8) is 0 Å². The maximum absolute atomic E-state index is 12.8. The van der Waals surface area contributed by atoms with E-state index in [9.17, 15) is 9.59 Å². The molecule has 0 aliphatic rings. The molecule has 0 unspecified atom stereocenters. The lowest BCUT2D eigenvalue weighted by Gasteiger charge is -2.12. The Morgan fingerprint density at radius 3 is 2.54 bits per heavy atom. The Kier molecular flexibility index (Phi) is 4.41. The number of carbonyl (C=O) groups excluding carboxylic acids is 1. The Morgan fingerprint density at radius 2 is 1.88 bits per heavy atom. The van der Waals surface area contributed by atoms with Gasteiger partial charge in [0.1, 0.15) is 0 Å². The molecule has 0 saturated heterocycles. The molecular formula is C18H17N3O3. The minimum atomic E-state index is -0.663. The highest BCUT2D eigenvalue weighted by Crippen LogP contribution is 2.18. The topological polar surface area (TPSA) is 97.4 Å². The van der Waals surface area contributed by atoms with Crippen LogP contribution in [0.15, 0.2) is 59.5 Å². The fourth-order valence-corrected chi connectivity index (χ4v) is 2.74. The summed E-state index contributed by atoms with van der Waals surface area (Å²) in [5.74, 6) is -0.663. The molecule has 122 valence electrons. The Bertz CT molecular complexity index is 949. The number of rotatable bonds is 4. The van der Waals surface area contributed by atoms with Gasteiger partial charge < -0.3 is 10.3 Å². The van der Waals surface area contributed by atoms with E-state index in [0.717, 1.165) is 11.1 Å². The summed E-state index contributed by atoms with van der Waals surface area (Å²) in [6, 6.07) is 14.3. The van der Waals surface area contributed by atoms with E-state index >= 15 is 0 Å². The van der Waals surface area contributed by atoms with Crippen LogP contribution in [0.5, 0.6) is 0 Å². The molecule has 1 aromatic heterocycles. The van der Waals surface area contributed by atoms with E-state index in [2.05, 4.69) is 0 Å². The van der Waals surface area contributed by atoms with Gasteiger partial charge in [0.25, 0.3) is 11.5 Å². The molecule has 2 aromatic carbocycles. The van der Waals surface area contributed by atoms with Gasteiger partial charge in [0.15, 0.2) is 0 Å². The van der Waals surface area contributed by atoms with E-state index in [4.69, 9.17) is 10.9 Å². The second-order valence-corrected chi connectivity index (χ2v) is 5.48. The van der Waals surface area contributed by atoms with Gasteiger partial charge in [-0.1, -0.05) is 36.4 Å². The monoisotopic (exact) mass is 323 g/mol. The Balaban J connectivity index is 2.18. The fourth-order valence-electron chi connectivity index (χ4n) is 2.74. The number of nitrogens with zero attached hydrogens (tertiary/aromatic N) is 1. The second kappa shape index (κ2) is 6.66. The van der Waals surface area contributed by atoms with Crippen molar-refractivity contribution in [1.82, 2.24) is 10.0 Å². The van der Waals surface area contributed by atoms with Crippen LogP contribution in [-0.4, -0.2) is 15.7 Å². The van der Waals surface area contributed by atoms with E-state index < -0.39 is 5.91 Å². The van der Waals surface area contributed by atoms with Crippen molar-refractivity contribution >= 4 is 16.7 Å². The third kappa shape index (κ3) is 2.92. The van der Waals surface area contributed by atoms with Crippen molar-refractivity contribution < 1.29 is 10.0 Å². The van der Waals surface area contributed by atoms with Crippen LogP contribution >= 0.6 is 0 Å². The van der Waals surface area contributed by atoms with E-state index in [1.165, 1.54) is 6.07 Å². The van der Waals surface area contributed by atoms with Crippen LogP contribution < -0.4 is 16.8 Å². The lowest BCUT2D eigenvalue weighted by Crippen LogP contribution is -2.23. The van der Waals surface area contributed by atoms with Crippen molar-refractivity contribution in [3.05, 3.63) is 81.8 Å². The Hall–Kier alpha value is -2.96. The van der Waals surface area contributed by atoms with E-state index in [1.807, 2.05) is 30.3 Å². The summed E-state index contributed by atoms with van der Waals surface area (Å²) in [6.45, 7) is 0.691. The molecule has 0 fully saturated rings. The highest BCUT2D eigenvalue weighted by molar-refractivity contribution is 5.98. The lowest BCUT2D eigenvalue weighted by molar-refractivity contribution is 0.0706. The molecule has 0 bridgehead atoms. The third-order valence-corrected chi connectivity index (χ3v) is 3.95. The smallest absolute Gasteiger partial charge is 0.274 e. The Labute approximate surface area is 138 Å². The first-order valence-corrected chi connectivity index (χ1v) is 7.48. The molecule has 3 rings (SSSR count). The van der Waals surface area contributed by atoms with Crippen molar-refractivity contribution in [2.75, 3.05) is 0 Å². The van der Waals surface area contributed by atoms with Gasteiger partial charge in [-0.2, -0.15) is 0 Å². The summed E-state index contributed by atoms with van der Waals surface area (Å²) in [6.07, 6.45) is 1.75. The molecule has 3 aromatic rings. The fraction of sp³-hybridized carbons (Fsp3) is 0.111. The van der Waals surface area contributed by atoms with Crippen LogP contribution in [-0.2, 0) is 13.1 Å². The predicted octanol–water partition coefficient (Wildman–Crippen LogP) is 1.63. The zero-order valence-electron chi connectivity index (χ0n) is 12.9. The summed E-state index contributed by atoms with van der Waals surface area (Å²) in [4.78, 5) is 24.4. The predicted molar refractivity (Wildman–Crippen MR) is 90.9 cm³/mol. The molecule has 24 heavy (non-hydrogen) atoms. The van der Waals surface area contributed by atoms with E-state index in [0.29, 0.717) is 17.3 Å². The SMILES string of the molecule is NCc1cn(Cc2ccccc2)c(=O)c2cc(C(=O)NO)ccc12. The average Bonchev–Trinajstić information content (AvgIpc) is 2.64. The van der Waals surface area contributed by atoms with Gasteiger partial charge in [-0.05, 0) is 28.6 Å². The normalized spacial score (nSPS) is 10.8. The molecule has 4 N–H and O–H groups in total. The number of aromatic nitrogens is 1. The molecule has 0 aliphatic carbocycles. The lowest BCUT2D eigenvalue weighted by atomic mass is 10.0. The highest BCUT2D eigenvalue weighted by Gasteiger charge is 2.12. The average molecular weight is 323 g/mol. The van der Waals surface area contributed by atoms with Crippen LogP contribution in [0.4, 0.5) is 0 Å². The molecule has 1 amide bonds. The number of hydrogen-bond donors (Lipinski definition) is 3. The number of nitrogens with two attached hydrogens (primary N) is 1. The van der Waals surface area contributed by atoms with Crippen molar-refractivity contribution in [1.29, 1.82) is 0 Å². The Morgan fingerprint density at radius 1 is 1.12 bits per heavy atom. The number of carbonyl (C=O) groups is 1. The molecule has 6 nitrogen and oxygen atoms in total. The van der Waals surface area contributed by atoms with Crippen LogP contribution in [0.1, 0.15) is 21.5 Å². The van der Waals surface area contributed by atoms with Gasteiger partial charge in [0, 0.05) is 23.7 Å². The minimum Gasteiger partial charge on any atom is -0.326 e. The maximum Gasteiger partial charge on any atom is 0.274 e. The molecule has 0 radical (unpaired) electrons. The largest absolute Gasteiger partial charge is 0.326 e. The second-order valence-electron chi connectivity index (χ2n) is 5.48. The zero-order valence-corrected chi connectivity index (χ0v) is 12.9. The molecule has 6 heteroatoms. The first-order chi connectivity index (χ1) is 11.6. The summed E-state index contributed by atoms with van der Waals surface area (Å²) < 4.78 is 1.58. The number of benzene rings is 2. The number of nitrogens with one attached hydrogen (secondary N) is 1. The van der Waals surface area contributed by atoms with Crippen LogP contribution in [0.2, 0.25) is 0 Å². The molecule has 1 heterocycles. The van der Waals surface area contributed by atoms with Crippen molar-refractivity contribution in [3.8, 4) is 0 Å². The number of fused-ring (bicyclic) bond motifs is 1. The molecule has 0 atom stereocenters. The first-order valence-electron chi connectivity index (χ1n) is 7.48. The van der Waals surface area contributed by atoms with Gasteiger partial charge in [-0.3, -0.25) is 14.8 Å². The molecular weight excluding hydrogens is 306 g/mol. The van der Waals surface area contributed by atoms with E-state index in [-0.39, 0.29) is 17.7 Å². The number of hydroxylamine groups is 1. The molecule has 0 spiro atoms. The quantitative estimate of drug-likeness (QED) is 0.502.